The molecule has 3 unspecified atom stereocenters. The lowest BCUT2D eigenvalue weighted by molar-refractivity contribution is 0.284. The number of nitrogen functional groups attached to an aromatic ring is 1. The van der Waals surface area contributed by atoms with Gasteiger partial charge in [0.1, 0.15) is 17.4 Å². The molecule has 0 radical (unpaired) electrons. The first-order chi connectivity index (χ1) is 7.08. The fourth-order valence-corrected chi connectivity index (χ4v) is 3.02. The van der Waals surface area contributed by atoms with Crippen LogP contribution in [0.5, 0.6) is 0 Å². The predicted molar refractivity (Wildman–Crippen MR) is 58.5 cm³/mol. The summed E-state index contributed by atoms with van der Waals surface area (Å²) in [5.41, 5.74) is 4.88. The van der Waals surface area contributed by atoms with Crippen molar-refractivity contribution in [2.45, 2.75) is 30.1 Å². The second-order valence-corrected chi connectivity index (χ2v) is 5.19. The van der Waals surface area contributed by atoms with Crippen LogP contribution in [0.1, 0.15) is 18.7 Å². The average Bonchev–Trinajstić information content (AvgIpc) is 2.45. The van der Waals surface area contributed by atoms with Gasteiger partial charge in [0, 0.05) is 11.4 Å². The van der Waals surface area contributed by atoms with Crippen LogP contribution in [0, 0.1) is 0 Å². The van der Waals surface area contributed by atoms with Crippen molar-refractivity contribution < 1.29 is 4.39 Å². The van der Waals surface area contributed by atoms with Gasteiger partial charge in [-0.3, -0.25) is 4.57 Å². The summed E-state index contributed by atoms with van der Waals surface area (Å²) in [6.45, 7) is 1.95. The van der Waals surface area contributed by atoms with Crippen molar-refractivity contribution in [2.24, 2.45) is 0 Å². The van der Waals surface area contributed by atoms with E-state index in [0.29, 0.717) is 6.42 Å². The van der Waals surface area contributed by atoms with Gasteiger partial charge in [0.25, 0.3) is 0 Å². The molecule has 2 N–H and O–H groups in total. The van der Waals surface area contributed by atoms with Crippen molar-refractivity contribution in [2.75, 3.05) is 5.73 Å². The zero-order valence-electron chi connectivity index (χ0n) is 8.26. The maximum absolute atomic E-state index is 13.6. The minimum atomic E-state index is -0.992. The third kappa shape index (κ3) is 1.99. The predicted octanol–water partition coefficient (Wildman–Crippen LogP) is 1.19. The summed E-state index contributed by atoms with van der Waals surface area (Å²) in [5, 5.41) is -0.227. The van der Waals surface area contributed by atoms with Gasteiger partial charge in [-0.25, -0.2) is 9.18 Å². The molecule has 1 aliphatic heterocycles. The Balaban J connectivity index is 2.34. The van der Waals surface area contributed by atoms with Gasteiger partial charge in [-0.05, 0) is 12.5 Å². The maximum atomic E-state index is 13.6. The molecule has 1 aromatic rings. The van der Waals surface area contributed by atoms with Gasteiger partial charge in [0.15, 0.2) is 0 Å². The lowest BCUT2D eigenvalue weighted by atomic mass is 10.2. The summed E-state index contributed by atoms with van der Waals surface area (Å²) in [4.78, 5) is 15.1. The van der Waals surface area contributed by atoms with Gasteiger partial charge in [-0.2, -0.15) is 4.98 Å². The standard InChI is InChI=1S/C9H12FN3OS/c1-5-4-6(10)8(15-5)13-3-2-7(11)12-9(13)14/h2-3,5-6,8H,4H2,1H3,(H2,11,12,14). The van der Waals surface area contributed by atoms with E-state index in [-0.39, 0.29) is 11.1 Å². The van der Waals surface area contributed by atoms with Crippen molar-refractivity contribution >= 4 is 17.6 Å². The van der Waals surface area contributed by atoms with Gasteiger partial charge >= 0.3 is 5.69 Å². The smallest absolute Gasteiger partial charge is 0.350 e. The third-order valence-corrected chi connectivity index (χ3v) is 3.82. The second kappa shape index (κ2) is 3.84. The van der Waals surface area contributed by atoms with E-state index in [0.717, 1.165) is 0 Å². The molecule has 1 saturated heterocycles. The molecule has 1 fully saturated rings. The fraction of sp³-hybridized carbons (Fsp3) is 0.556. The Morgan fingerprint density at radius 1 is 1.73 bits per heavy atom. The Kier molecular flexibility index (Phi) is 2.68. The maximum Gasteiger partial charge on any atom is 0.350 e. The molecule has 0 aliphatic carbocycles. The minimum absolute atomic E-state index is 0.169. The Hall–Kier alpha value is -1.04. The van der Waals surface area contributed by atoms with Gasteiger partial charge in [0.05, 0.1) is 0 Å². The number of thioether (sulfide) groups is 1. The highest BCUT2D eigenvalue weighted by Gasteiger charge is 2.34. The Morgan fingerprint density at radius 2 is 2.47 bits per heavy atom. The molecule has 82 valence electrons. The van der Waals surface area contributed by atoms with Crippen LogP contribution in [0.2, 0.25) is 0 Å². The average molecular weight is 229 g/mol. The molecule has 2 rings (SSSR count). The van der Waals surface area contributed by atoms with Gasteiger partial charge < -0.3 is 5.73 Å². The molecule has 2 heterocycles. The zero-order chi connectivity index (χ0) is 11.0. The number of hydrogen-bond acceptors (Lipinski definition) is 4. The lowest BCUT2D eigenvalue weighted by Gasteiger charge is -2.14. The Labute approximate surface area is 90.7 Å². The van der Waals surface area contributed by atoms with Crippen LogP contribution in [0.4, 0.5) is 10.2 Å². The Morgan fingerprint density at radius 3 is 3.00 bits per heavy atom. The largest absolute Gasteiger partial charge is 0.383 e. The van der Waals surface area contributed by atoms with E-state index in [1.54, 1.807) is 0 Å². The topological polar surface area (TPSA) is 60.9 Å². The van der Waals surface area contributed by atoms with E-state index in [1.165, 1.54) is 28.6 Å². The highest BCUT2D eigenvalue weighted by atomic mass is 32.2. The molecule has 15 heavy (non-hydrogen) atoms. The van der Waals surface area contributed by atoms with E-state index >= 15 is 0 Å². The number of rotatable bonds is 1. The van der Waals surface area contributed by atoms with Gasteiger partial charge in [0.2, 0.25) is 0 Å². The number of nitrogens with two attached hydrogens (primary N) is 1. The molecule has 0 bridgehead atoms. The van der Waals surface area contributed by atoms with E-state index in [2.05, 4.69) is 4.98 Å². The zero-order valence-corrected chi connectivity index (χ0v) is 9.08. The molecule has 0 saturated carbocycles. The summed E-state index contributed by atoms with van der Waals surface area (Å²) in [7, 11) is 0. The minimum Gasteiger partial charge on any atom is -0.383 e. The molecule has 1 aromatic heterocycles. The lowest BCUT2D eigenvalue weighted by Crippen LogP contribution is -2.28. The number of anilines is 1. The van der Waals surface area contributed by atoms with Crippen molar-refractivity contribution in [1.29, 1.82) is 0 Å². The molecule has 0 spiro atoms. The third-order valence-electron chi connectivity index (χ3n) is 2.36. The van der Waals surface area contributed by atoms with Crippen molar-refractivity contribution in [3.8, 4) is 0 Å². The molecule has 3 atom stereocenters. The summed E-state index contributed by atoms with van der Waals surface area (Å²) in [6, 6.07) is 1.51. The highest BCUT2D eigenvalue weighted by molar-refractivity contribution is 8.00. The first-order valence-corrected chi connectivity index (χ1v) is 5.66. The van der Waals surface area contributed by atoms with E-state index in [1.807, 2.05) is 6.92 Å². The summed E-state index contributed by atoms with van der Waals surface area (Å²) in [6.07, 6.45) is 0.993. The van der Waals surface area contributed by atoms with Crippen LogP contribution in [-0.4, -0.2) is 21.0 Å². The first kappa shape index (κ1) is 10.5. The second-order valence-electron chi connectivity index (χ2n) is 3.63. The molecule has 1 aliphatic rings. The molecule has 0 aromatic carbocycles. The number of nitrogens with zero attached hydrogens (tertiary/aromatic N) is 2. The number of hydrogen-bond donors (Lipinski definition) is 1. The van der Waals surface area contributed by atoms with Gasteiger partial charge in [-0.15, -0.1) is 11.8 Å². The van der Waals surface area contributed by atoms with Crippen LogP contribution in [0.3, 0.4) is 0 Å². The quantitative estimate of drug-likeness (QED) is 0.785. The van der Waals surface area contributed by atoms with Crippen molar-refractivity contribution in [3.63, 3.8) is 0 Å². The summed E-state index contributed by atoms with van der Waals surface area (Å²) >= 11 is 1.45. The van der Waals surface area contributed by atoms with E-state index in [9.17, 15) is 9.18 Å². The number of halogens is 1. The van der Waals surface area contributed by atoms with Crippen LogP contribution in [0.25, 0.3) is 0 Å². The van der Waals surface area contributed by atoms with E-state index < -0.39 is 17.2 Å². The molecule has 4 nitrogen and oxygen atoms in total. The number of alkyl halides is 1. The normalized spacial score (nSPS) is 30.7. The monoisotopic (exact) mass is 229 g/mol. The highest BCUT2D eigenvalue weighted by Crippen LogP contribution is 2.42. The SMILES string of the molecule is CC1CC(F)C(n2ccc(N)nc2=O)S1. The van der Waals surface area contributed by atoms with Crippen LogP contribution >= 0.6 is 11.8 Å². The molecular formula is C9H12FN3OS. The van der Waals surface area contributed by atoms with E-state index in [4.69, 9.17) is 5.73 Å². The summed E-state index contributed by atoms with van der Waals surface area (Å²) < 4.78 is 14.9. The first-order valence-electron chi connectivity index (χ1n) is 4.72. The Bertz CT molecular complexity index is 422. The summed E-state index contributed by atoms with van der Waals surface area (Å²) in [5.74, 6) is 0.169. The molecule has 6 heteroatoms. The molecule has 0 amide bonds. The molecular weight excluding hydrogens is 217 g/mol. The van der Waals surface area contributed by atoms with Gasteiger partial charge in [-0.1, -0.05) is 6.92 Å². The van der Waals surface area contributed by atoms with Crippen molar-refractivity contribution in [1.82, 2.24) is 9.55 Å². The van der Waals surface area contributed by atoms with Crippen LogP contribution < -0.4 is 11.4 Å². The number of aromatic nitrogens is 2. The van der Waals surface area contributed by atoms with Crippen molar-refractivity contribution in [3.05, 3.63) is 22.7 Å². The van der Waals surface area contributed by atoms with Crippen LogP contribution in [0.15, 0.2) is 17.1 Å². The fourth-order valence-electron chi connectivity index (χ4n) is 1.67. The van der Waals surface area contributed by atoms with Crippen LogP contribution in [-0.2, 0) is 0 Å².